The Morgan fingerprint density at radius 1 is 1.40 bits per heavy atom. The van der Waals surface area contributed by atoms with Crippen LogP contribution in [0.5, 0.6) is 5.75 Å². The fourth-order valence-corrected chi connectivity index (χ4v) is 1.15. The number of methoxy groups -OCH3 is 1. The van der Waals surface area contributed by atoms with E-state index in [1.807, 2.05) is 6.92 Å². The van der Waals surface area contributed by atoms with Crippen LogP contribution in [0.25, 0.3) is 0 Å². The molecule has 1 radical (unpaired) electrons. The third kappa shape index (κ3) is 2.95. The number of hydrogen-bond acceptors (Lipinski definition) is 4. The number of aryl methyl sites for hydroxylation is 1. The SMILES string of the molecule is COC(=O)c1ccc(C)cc1O[C](C)O. The van der Waals surface area contributed by atoms with E-state index in [1.54, 1.807) is 18.2 Å². The highest BCUT2D eigenvalue weighted by molar-refractivity contribution is 5.92. The molecule has 0 aromatic heterocycles. The largest absolute Gasteiger partial charge is 0.465 e. The lowest BCUT2D eigenvalue weighted by Gasteiger charge is -2.11. The van der Waals surface area contributed by atoms with Crippen LogP contribution in [0.3, 0.4) is 0 Å². The van der Waals surface area contributed by atoms with Crippen molar-refractivity contribution in [2.75, 3.05) is 7.11 Å². The highest BCUT2D eigenvalue weighted by atomic mass is 16.6. The smallest absolute Gasteiger partial charge is 0.341 e. The average molecular weight is 209 g/mol. The van der Waals surface area contributed by atoms with Gasteiger partial charge in [-0.25, -0.2) is 4.79 Å². The molecule has 1 N–H and O–H groups in total. The van der Waals surface area contributed by atoms with Crippen LogP contribution in [0.4, 0.5) is 0 Å². The maximum absolute atomic E-state index is 11.3. The summed E-state index contributed by atoms with van der Waals surface area (Å²) in [6, 6.07) is 5.03. The predicted molar refractivity (Wildman–Crippen MR) is 54.0 cm³/mol. The van der Waals surface area contributed by atoms with Crippen LogP contribution in [0, 0.1) is 13.2 Å². The molecule has 0 amide bonds. The monoisotopic (exact) mass is 209 g/mol. The topological polar surface area (TPSA) is 55.8 Å². The lowest BCUT2D eigenvalue weighted by molar-refractivity contribution is 0.0588. The number of esters is 1. The standard InChI is InChI=1S/C11H13O4/c1-7-4-5-9(11(13)14-3)10(6-7)15-8(2)12/h4-6,12H,1-3H3. The molecule has 0 bridgehead atoms. The zero-order valence-corrected chi connectivity index (χ0v) is 8.90. The molecule has 1 aromatic carbocycles. The lowest BCUT2D eigenvalue weighted by atomic mass is 10.1. The van der Waals surface area contributed by atoms with E-state index in [-0.39, 0.29) is 11.9 Å². The number of rotatable bonds is 3. The van der Waals surface area contributed by atoms with E-state index in [0.29, 0.717) is 5.75 Å². The quantitative estimate of drug-likeness (QED) is 0.774. The van der Waals surface area contributed by atoms with E-state index in [2.05, 4.69) is 4.74 Å². The van der Waals surface area contributed by atoms with Crippen LogP contribution in [0.2, 0.25) is 0 Å². The fraction of sp³-hybridized carbons (Fsp3) is 0.273. The van der Waals surface area contributed by atoms with Crippen molar-refractivity contribution in [3.05, 3.63) is 35.6 Å². The van der Waals surface area contributed by atoms with Gasteiger partial charge in [0.2, 0.25) is 0 Å². The van der Waals surface area contributed by atoms with Gasteiger partial charge in [-0.2, -0.15) is 0 Å². The zero-order chi connectivity index (χ0) is 11.4. The molecular formula is C11H13O4. The third-order valence-electron chi connectivity index (χ3n) is 1.80. The molecule has 0 fully saturated rings. The van der Waals surface area contributed by atoms with Gasteiger partial charge in [0.05, 0.1) is 7.11 Å². The van der Waals surface area contributed by atoms with Gasteiger partial charge < -0.3 is 14.6 Å². The Hall–Kier alpha value is -1.55. The molecule has 0 aliphatic heterocycles. The van der Waals surface area contributed by atoms with E-state index in [4.69, 9.17) is 9.84 Å². The second-order valence-electron chi connectivity index (χ2n) is 3.11. The second kappa shape index (κ2) is 4.79. The summed E-state index contributed by atoms with van der Waals surface area (Å²) >= 11 is 0. The van der Waals surface area contributed by atoms with Gasteiger partial charge in [0, 0.05) is 6.92 Å². The van der Waals surface area contributed by atoms with Crippen LogP contribution < -0.4 is 4.74 Å². The first kappa shape index (κ1) is 11.5. The number of carbonyl (C=O) groups is 1. The van der Waals surface area contributed by atoms with Crippen molar-refractivity contribution in [3.63, 3.8) is 0 Å². The number of benzene rings is 1. The first-order valence-corrected chi connectivity index (χ1v) is 4.44. The Kier molecular flexibility index (Phi) is 3.68. The molecular weight excluding hydrogens is 196 g/mol. The van der Waals surface area contributed by atoms with Gasteiger partial charge in [-0.3, -0.25) is 0 Å². The molecule has 0 spiro atoms. The van der Waals surface area contributed by atoms with Gasteiger partial charge >= 0.3 is 5.97 Å². The molecule has 0 heterocycles. The molecule has 0 saturated carbocycles. The van der Waals surface area contributed by atoms with E-state index >= 15 is 0 Å². The molecule has 4 heteroatoms. The molecule has 81 valence electrons. The molecule has 0 unspecified atom stereocenters. The van der Waals surface area contributed by atoms with E-state index < -0.39 is 5.97 Å². The normalized spacial score (nSPS) is 10.2. The van der Waals surface area contributed by atoms with Crippen molar-refractivity contribution in [3.8, 4) is 5.75 Å². The Morgan fingerprint density at radius 3 is 2.60 bits per heavy atom. The first-order chi connectivity index (χ1) is 7.04. The summed E-state index contributed by atoms with van der Waals surface area (Å²) < 4.78 is 9.61. The van der Waals surface area contributed by atoms with Crippen LogP contribution in [-0.4, -0.2) is 18.2 Å². The maximum Gasteiger partial charge on any atom is 0.341 e. The van der Waals surface area contributed by atoms with E-state index in [9.17, 15) is 4.79 Å². The summed E-state index contributed by atoms with van der Waals surface area (Å²) in [5, 5.41) is 9.02. The Balaban J connectivity index is 3.08. The molecule has 0 atom stereocenters. The number of aliphatic hydroxyl groups is 1. The molecule has 4 nitrogen and oxygen atoms in total. The molecule has 0 aliphatic carbocycles. The lowest BCUT2D eigenvalue weighted by Crippen LogP contribution is -2.08. The van der Waals surface area contributed by atoms with Crippen molar-refractivity contribution in [2.24, 2.45) is 0 Å². The van der Waals surface area contributed by atoms with Gasteiger partial charge in [-0.1, -0.05) is 6.07 Å². The fourth-order valence-electron chi connectivity index (χ4n) is 1.15. The second-order valence-corrected chi connectivity index (χ2v) is 3.11. The van der Waals surface area contributed by atoms with Gasteiger partial charge in [0.15, 0.2) is 0 Å². The van der Waals surface area contributed by atoms with Crippen molar-refractivity contribution in [1.82, 2.24) is 0 Å². The van der Waals surface area contributed by atoms with Gasteiger partial charge in [0.1, 0.15) is 11.3 Å². The van der Waals surface area contributed by atoms with E-state index in [1.165, 1.54) is 14.0 Å². The first-order valence-electron chi connectivity index (χ1n) is 4.44. The summed E-state index contributed by atoms with van der Waals surface area (Å²) in [7, 11) is 1.29. The summed E-state index contributed by atoms with van der Waals surface area (Å²) in [5.74, 6) is -0.201. The van der Waals surface area contributed by atoms with Crippen LogP contribution in [0.1, 0.15) is 22.8 Å². The van der Waals surface area contributed by atoms with Crippen LogP contribution in [-0.2, 0) is 4.74 Å². The minimum absolute atomic E-state index is 0.217. The maximum atomic E-state index is 11.3. The Bertz CT molecular complexity index is 358. The van der Waals surface area contributed by atoms with Gasteiger partial charge in [0.25, 0.3) is 6.29 Å². The highest BCUT2D eigenvalue weighted by Gasteiger charge is 2.14. The minimum Gasteiger partial charge on any atom is -0.465 e. The molecule has 0 saturated heterocycles. The Labute approximate surface area is 88.4 Å². The van der Waals surface area contributed by atoms with Crippen molar-refractivity contribution >= 4 is 5.97 Å². The molecule has 1 rings (SSSR count). The Morgan fingerprint density at radius 2 is 2.07 bits per heavy atom. The van der Waals surface area contributed by atoms with E-state index in [0.717, 1.165) is 5.56 Å². The van der Waals surface area contributed by atoms with Gasteiger partial charge in [-0.05, 0) is 24.6 Å². The number of ether oxygens (including phenoxy) is 2. The summed E-state index contributed by atoms with van der Waals surface area (Å²) in [4.78, 5) is 11.3. The van der Waals surface area contributed by atoms with Crippen molar-refractivity contribution in [2.45, 2.75) is 13.8 Å². The van der Waals surface area contributed by atoms with Gasteiger partial charge in [-0.15, -0.1) is 0 Å². The summed E-state index contributed by atoms with van der Waals surface area (Å²) in [6.07, 6.45) is -0.217. The predicted octanol–water partition coefficient (Wildman–Crippen LogP) is 2.04. The average Bonchev–Trinajstić information content (AvgIpc) is 2.16. The molecule has 0 aliphatic rings. The minimum atomic E-state index is -0.494. The zero-order valence-electron chi connectivity index (χ0n) is 8.90. The number of aliphatic hydroxyl groups excluding tert-OH is 1. The molecule has 15 heavy (non-hydrogen) atoms. The van der Waals surface area contributed by atoms with Crippen LogP contribution >= 0.6 is 0 Å². The summed E-state index contributed by atoms with van der Waals surface area (Å²) in [5.41, 5.74) is 1.22. The highest BCUT2D eigenvalue weighted by Crippen LogP contribution is 2.23. The van der Waals surface area contributed by atoms with Crippen molar-refractivity contribution in [1.29, 1.82) is 0 Å². The third-order valence-corrected chi connectivity index (χ3v) is 1.80. The number of hydrogen-bond donors (Lipinski definition) is 1. The molecule has 1 aromatic rings. The van der Waals surface area contributed by atoms with Crippen molar-refractivity contribution < 1.29 is 19.4 Å². The van der Waals surface area contributed by atoms with Crippen LogP contribution in [0.15, 0.2) is 18.2 Å². The summed E-state index contributed by atoms with van der Waals surface area (Å²) in [6.45, 7) is 3.25. The number of carbonyl (C=O) groups excluding carboxylic acids is 1.